The highest BCUT2D eigenvalue weighted by atomic mass is 16.5. The number of hydrogen-bond acceptors (Lipinski definition) is 3. The van der Waals surface area contributed by atoms with Crippen molar-refractivity contribution in [1.82, 2.24) is 0 Å². The number of rotatable bonds is 6. The molecule has 0 bridgehead atoms. The van der Waals surface area contributed by atoms with E-state index in [9.17, 15) is 9.59 Å². The third-order valence-corrected chi connectivity index (χ3v) is 4.97. The maximum atomic E-state index is 12.1. The molecule has 132 valence electrons. The van der Waals surface area contributed by atoms with Crippen molar-refractivity contribution in [2.24, 2.45) is 17.8 Å². The van der Waals surface area contributed by atoms with E-state index in [0.29, 0.717) is 29.0 Å². The Morgan fingerprint density at radius 3 is 2.46 bits per heavy atom. The number of carbonyl (C=O) groups is 2. The first-order chi connectivity index (χ1) is 11.4. The third kappa shape index (κ3) is 5.17. The van der Waals surface area contributed by atoms with E-state index in [1.54, 1.807) is 24.3 Å². The summed E-state index contributed by atoms with van der Waals surface area (Å²) in [6.45, 7) is 8.32. The maximum absolute atomic E-state index is 12.1. The average molecular weight is 331 g/mol. The maximum Gasteiger partial charge on any atom is 0.250 e. The minimum Gasteiger partial charge on any atom is -0.368 e. The van der Waals surface area contributed by atoms with Crippen molar-refractivity contribution in [3.05, 3.63) is 29.8 Å². The van der Waals surface area contributed by atoms with Gasteiger partial charge in [-0.2, -0.15) is 0 Å². The summed E-state index contributed by atoms with van der Waals surface area (Å²) >= 11 is 0. The molecule has 4 heteroatoms. The number of nitrogens with one attached hydrogen (secondary N) is 1. The van der Waals surface area contributed by atoms with Crippen LogP contribution in [0.3, 0.4) is 0 Å². The van der Waals surface area contributed by atoms with Crippen LogP contribution in [0, 0.1) is 17.8 Å². The number of ketones is 1. The van der Waals surface area contributed by atoms with Crippen LogP contribution in [0.15, 0.2) is 24.3 Å². The molecule has 1 fully saturated rings. The van der Waals surface area contributed by atoms with Gasteiger partial charge in [-0.05, 0) is 61.8 Å². The van der Waals surface area contributed by atoms with E-state index in [-0.39, 0.29) is 24.4 Å². The largest absolute Gasteiger partial charge is 0.368 e. The number of anilines is 1. The molecular weight excluding hydrogens is 302 g/mol. The van der Waals surface area contributed by atoms with Gasteiger partial charge in [-0.25, -0.2) is 0 Å². The minimum absolute atomic E-state index is 0.0161. The van der Waals surface area contributed by atoms with Crippen molar-refractivity contribution >= 4 is 17.4 Å². The lowest BCUT2D eigenvalue weighted by molar-refractivity contribution is -0.126. The lowest BCUT2D eigenvalue weighted by atomic mass is 9.75. The van der Waals surface area contributed by atoms with Crippen molar-refractivity contribution < 1.29 is 14.3 Å². The van der Waals surface area contributed by atoms with Gasteiger partial charge in [0.2, 0.25) is 5.91 Å². The SMILES string of the molecule is CC(=O)c1ccc(NC(=O)COC2CC(C)CCC2C(C)C)cc1. The Labute approximate surface area is 145 Å². The van der Waals surface area contributed by atoms with E-state index in [4.69, 9.17) is 4.74 Å². The Kier molecular flexibility index (Phi) is 6.55. The summed E-state index contributed by atoms with van der Waals surface area (Å²) in [5.74, 6) is 1.63. The fraction of sp³-hybridized carbons (Fsp3) is 0.600. The Morgan fingerprint density at radius 2 is 1.88 bits per heavy atom. The quantitative estimate of drug-likeness (QED) is 0.791. The second kappa shape index (κ2) is 8.43. The predicted octanol–water partition coefficient (Wildman–Crippen LogP) is 4.31. The second-order valence-electron chi connectivity index (χ2n) is 7.36. The van der Waals surface area contributed by atoms with Gasteiger partial charge in [0.05, 0.1) is 6.10 Å². The Morgan fingerprint density at radius 1 is 1.21 bits per heavy atom. The molecule has 24 heavy (non-hydrogen) atoms. The van der Waals surface area contributed by atoms with E-state index in [1.807, 2.05) is 0 Å². The minimum atomic E-state index is -0.147. The highest BCUT2D eigenvalue weighted by molar-refractivity contribution is 5.95. The number of hydrogen-bond donors (Lipinski definition) is 1. The number of benzene rings is 1. The van der Waals surface area contributed by atoms with Crippen molar-refractivity contribution in [2.75, 3.05) is 11.9 Å². The molecule has 3 atom stereocenters. The Balaban J connectivity index is 1.86. The van der Waals surface area contributed by atoms with Gasteiger partial charge >= 0.3 is 0 Å². The predicted molar refractivity (Wildman–Crippen MR) is 96.2 cm³/mol. The fourth-order valence-corrected chi connectivity index (χ4v) is 3.47. The molecule has 1 saturated carbocycles. The zero-order valence-corrected chi connectivity index (χ0v) is 15.2. The summed E-state index contributed by atoms with van der Waals surface area (Å²) in [6.07, 6.45) is 3.62. The first-order valence-electron chi connectivity index (χ1n) is 8.89. The average Bonchev–Trinajstić information content (AvgIpc) is 2.53. The van der Waals surface area contributed by atoms with Gasteiger partial charge in [-0.1, -0.05) is 27.2 Å². The van der Waals surface area contributed by atoms with Gasteiger partial charge < -0.3 is 10.1 Å². The van der Waals surface area contributed by atoms with E-state index in [1.165, 1.54) is 19.8 Å². The van der Waals surface area contributed by atoms with E-state index in [2.05, 4.69) is 26.1 Å². The van der Waals surface area contributed by atoms with Crippen molar-refractivity contribution in [1.29, 1.82) is 0 Å². The molecular formula is C20H29NO3. The van der Waals surface area contributed by atoms with Crippen LogP contribution in [0.1, 0.15) is 57.3 Å². The summed E-state index contributed by atoms with van der Waals surface area (Å²) in [4.78, 5) is 23.4. The molecule has 1 amide bonds. The molecule has 1 aromatic carbocycles. The van der Waals surface area contributed by atoms with Crippen LogP contribution in [0.25, 0.3) is 0 Å². The number of carbonyl (C=O) groups excluding carboxylic acids is 2. The molecule has 1 aliphatic carbocycles. The van der Waals surface area contributed by atoms with Gasteiger partial charge in [0.15, 0.2) is 5.78 Å². The molecule has 0 saturated heterocycles. The van der Waals surface area contributed by atoms with Gasteiger partial charge in [-0.15, -0.1) is 0 Å². The Bertz CT molecular complexity index is 565. The van der Waals surface area contributed by atoms with Crippen LogP contribution < -0.4 is 5.32 Å². The van der Waals surface area contributed by atoms with Gasteiger partial charge in [0, 0.05) is 11.3 Å². The smallest absolute Gasteiger partial charge is 0.250 e. The topological polar surface area (TPSA) is 55.4 Å². The lowest BCUT2D eigenvalue weighted by Gasteiger charge is -2.37. The number of Topliss-reactive ketones (excluding diaryl/α,β-unsaturated/α-hetero) is 1. The molecule has 0 spiro atoms. The molecule has 1 aliphatic rings. The molecule has 1 N–H and O–H groups in total. The van der Waals surface area contributed by atoms with Crippen LogP contribution in [-0.2, 0) is 9.53 Å². The van der Waals surface area contributed by atoms with Crippen molar-refractivity contribution in [3.8, 4) is 0 Å². The monoisotopic (exact) mass is 331 g/mol. The van der Waals surface area contributed by atoms with Crippen LogP contribution in [0.5, 0.6) is 0 Å². The van der Waals surface area contributed by atoms with Crippen molar-refractivity contribution in [3.63, 3.8) is 0 Å². The van der Waals surface area contributed by atoms with Crippen LogP contribution in [0.4, 0.5) is 5.69 Å². The zero-order chi connectivity index (χ0) is 17.7. The summed E-state index contributed by atoms with van der Waals surface area (Å²) in [6, 6.07) is 6.93. The summed E-state index contributed by atoms with van der Waals surface area (Å²) in [5.41, 5.74) is 1.33. The molecule has 0 aliphatic heterocycles. The standard InChI is InChI=1S/C20H29NO3/c1-13(2)18-10-5-14(3)11-19(18)24-12-20(23)21-17-8-6-16(7-9-17)15(4)22/h6-9,13-14,18-19H,5,10-12H2,1-4H3,(H,21,23). The van der Waals surface area contributed by atoms with Crippen molar-refractivity contribution in [2.45, 2.75) is 53.1 Å². The number of ether oxygens (including phenoxy) is 1. The van der Waals surface area contributed by atoms with Gasteiger partial charge in [0.25, 0.3) is 0 Å². The lowest BCUT2D eigenvalue weighted by Crippen LogP contribution is -2.36. The summed E-state index contributed by atoms with van der Waals surface area (Å²) < 4.78 is 5.96. The molecule has 3 unspecified atom stereocenters. The van der Waals surface area contributed by atoms with Gasteiger partial charge in [0.1, 0.15) is 6.61 Å². The normalized spacial score (nSPS) is 24.0. The molecule has 0 radical (unpaired) electrons. The molecule has 1 aromatic rings. The fourth-order valence-electron chi connectivity index (χ4n) is 3.47. The van der Waals surface area contributed by atoms with E-state index < -0.39 is 0 Å². The van der Waals surface area contributed by atoms with Crippen LogP contribution >= 0.6 is 0 Å². The van der Waals surface area contributed by atoms with E-state index in [0.717, 1.165) is 6.42 Å². The Hall–Kier alpha value is -1.68. The molecule has 4 nitrogen and oxygen atoms in total. The second-order valence-corrected chi connectivity index (χ2v) is 7.36. The molecule has 0 heterocycles. The summed E-state index contributed by atoms with van der Waals surface area (Å²) in [5, 5.41) is 2.83. The van der Waals surface area contributed by atoms with Crippen LogP contribution in [0.2, 0.25) is 0 Å². The molecule has 2 rings (SSSR count). The summed E-state index contributed by atoms with van der Waals surface area (Å²) in [7, 11) is 0. The zero-order valence-electron chi connectivity index (χ0n) is 15.2. The first-order valence-corrected chi connectivity index (χ1v) is 8.89. The first kappa shape index (κ1) is 18.7. The van der Waals surface area contributed by atoms with Crippen LogP contribution in [-0.4, -0.2) is 24.4 Å². The van der Waals surface area contributed by atoms with Gasteiger partial charge in [-0.3, -0.25) is 9.59 Å². The molecule has 0 aromatic heterocycles. The third-order valence-electron chi connectivity index (χ3n) is 4.97. The highest BCUT2D eigenvalue weighted by Gasteiger charge is 2.31. The number of amides is 1. The van der Waals surface area contributed by atoms with E-state index >= 15 is 0 Å². The highest BCUT2D eigenvalue weighted by Crippen LogP contribution is 2.35.